The van der Waals surface area contributed by atoms with E-state index in [-0.39, 0.29) is 10.7 Å². The van der Waals surface area contributed by atoms with E-state index >= 15 is 0 Å². The summed E-state index contributed by atoms with van der Waals surface area (Å²) in [4.78, 5) is 0.538. The van der Waals surface area contributed by atoms with Crippen molar-refractivity contribution in [2.24, 2.45) is 10.9 Å². The summed E-state index contributed by atoms with van der Waals surface area (Å²) in [5.74, 6) is -1.26. The van der Waals surface area contributed by atoms with Crippen LogP contribution in [0.15, 0.2) is 51.3 Å². The quantitative estimate of drug-likeness (QED) is 0.391. The molecule has 104 valence electrons. The van der Waals surface area contributed by atoms with Crippen LogP contribution in [0.1, 0.15) is 5.56 Å². The Morgan fingerprint density at radius 2 is 1.90 bits per heavy atom. The van der Waals surface area contributed by atoms with E-state index in [1.165, 1.54) is 12.1 Å². The standard InChI is InChI=1S/C13H9ClF2N2OS/c14-7-1-3-9(13(17)18-19)11(5-7)20-12-6-8(15)2-4-10(12)16/h1-6,19H,(H2,17,18). The lowest BCUT2D eigenvalue weighted by molar-refractivity contribution is 0.318. The lowest BCUT2D eigenvalue weighted by Gasteiger charge is -2.09. The number of benzene rings is 2. The maximum absolute atomic E-state index is 13.6. The van der Waals surface area contributed by atoms with Gasteiger partial charge in [0.05, 0.1) is 4.90 Å². The largest absolute Gasteiger partial charge is 0.409 e. The minimum Gasteiger partial charge on any atom is -0.409 e. The lowest BCUT2D eigenvalue weighted by atomic mass is 10.2. The third-order valence-corrected chi connectivity index (χ3v) is 3.77. The number of nitrogens with two attached hydrogens (primary N) is 1. The molecule has 0 saturated heterocycles. The van der Waals surface area contributed by atoms with E-state index in [2.05, 4.69) is 5.16 Å². The van der Waals surface area contributed by atoms with Gasteiger partial charge in [0.1, 0.15) is 11.6 Å². The molecular weight excluding hydrogens is 306 g/mol. The van der Waals surface area contributed by atoms with E-state index in [1.54, 1.807) is 6.07 Å². The monoisotopic (exact) mass is 314 g/mol. The molecule has 0 aliphatic carbocycles. The van der Waals surface area contributed by atoms with Gasteiger partial charge in [0.15, 0.2) is 5.84 Å². The molecular formula is C13H9ClF2N2OS. The Morgan fingerprint density at radius 3 is 2.60 bits per heavy atom. The highest BCUT2D eigenvalue weighted by atomic mass is 35.5. The molecule has 0 atom stereocenters. The van der Waals surface area contributed by atoms with Crippen molar-refractivity contribution < 1.29 is 14.0 Å². The molecule has 0 radical (unpaired) electrons. The molecule has 3 N–H and O–H groups in total. The molecule has 20 heavy (non-hydrogen) atoms. The van der Waals surface area contributed by atoms with Crippen LogP contribution in [0.2, 0.25) is 5.02 Å². The Bertz CT molecular complexity index is 679. The Labute approximate surface area is 123 Å². The van der Waals surface area contributed by atoms with E-state index in [1.807, 2.05) is 0 Å². The number of oxime groups is 1. The number of amidine groups is 1. The van der Waals surface area contributed by atoms with Crippen LogP contribution in [0.5, 0.6) is 0 Å². The van der Waals surface area contributed by atoms with Gasteiger partial charge in [-0.1, -0.05) is 28.5 Å². The predicted octanol–water partition coefficient (Wildman–Crippen LogP) is 3.86. The van der Waals surface area contributed by atoms with Gasteiger partial charge in [-0.15, -0.1) is 0 Å². The summed E-state index contributed by atoms with van der Waals surface area (Å²) >= 11 is 6.82. The van der Waals surface area contributed by atoms with E-state index in [0.717, 1.165) is 30.0 Å². The summed E-state index contributed by atoms with van der Waals surface area (Å²) in [7, 11) is 0. The number of hydrogen-bond donors (Lipinski definition) is 2. The van der Waals surface area contributed by atoms with Crippen LogP contribution >= 0.6 is 23.4 Å². The van der Waals surface area contributed by atoms with Crippen molar-refractivity contribution in [1.82, 2.24) is 0 Å². The fourth-order valence-corrected chi connectivity index (χ4v) is 2.80. The summed E-state index contributed by atoms with van der Waals surface area (Å²) in [6.07, 6.45) is 0. The SMILES string of the molecule is NC(=NO)c1ccc(Cl)cc1Sc1cc(F)ccc1F. The molecule has 2 aromatic carbocycles. The third-order valence-electron chi connectivity index (χ3n) is 2.44. The molecule has 0 heterocycles. The Morgan fingerprint density at radius 1 is 1.15 bits per heavy atom. The molecule has 7 heteroatoms. The smallest absolute Gasteiger partial charge is 0.171 e. The van der Waals surface area contributed by atoms with Crippen molar-refractivity contribution in [2.75, 3.05) is 0 Å². The van der Waals surface area contributed by atoms with E-state index < -0.39 is 11.6 Å². The van der Waals surface area contributed by atoms with Gasteiger partial charge in [0.2, 0.25) is 0 Å². The molecule has 0 unspecified atom stereocenters. The van der Waals surface area contributed by atoms with Crippen molar-refractivity contribution in [3.05, 3.63) is 58.6 Å². The Balaban J connectivity index is 2.47. The predicted molar refractivity (Wildman–Crippen MR) is 74.4 cm³/mol. The molecule has 2 aromatic rings. The molecule has 0 aliphatic heterocycles. The molecule has 0 aromatic heterocycles. The third kappa shape index (κ3) is 3.20. The minimum atomic E-state index is -0.568. The highest BCUT2D eigenvalue weighted by Crippen LogP contribution is 2.34. The van der Waals surface area contributed by atoms with Crippen molar-refractivity contribution in [1.29, 1.82) is 0 Å². The average molecular weight is 315 g/mol. The number of rotatable bonds is 3. The summed E-state index contributed by atoms with van der Waals surface area (Å²) in [6, 6.07) is 7.76. The molecule has 3 nitrogen and oxygen atoms in total. The zero-order chi connectivity index (χ0) is 14.7. The van der Waals surface area contributed by atoms with E-state index in [4.69, 9.17) is 22.5 Å². The van der Waals surface area contributed by atoms with Gasteiger partial charge in [-0.2, -0.15) is 0 Å². The van der Waals surface area contributed by atoms with Crippen LogP contribution in [-0.4, -0.2) is 11.0 Å². The van der Waals surface area contributed by atoms with Crippen LogP contribution in [-0.2, 0) is 0 Å². The topological polar surface area (TPSA) is 58.6 Å². The summed E-state index contributed by atoms with van der Waals surface area (Å²) < 4.78 is 26.8. The number of hydrogen-bond acceptors (Lipinski definition) is 3. The number of nitrogens with zero attached hydrogens (tertiary/aromatic N) is 1. The fraction of sp³-hybridized carbons (Fsp3) is 0. The number of halogens is 3. The van der Waals surface area contributed by atoms with Gasteiger partial charge in [-0.25, -0.2) is 8.78 Å². The Hall–Kier alpha value is -1.79. The summed E-state index contributed by atoms with van der Waals surface area (Å²) in [6.45, 7) is 0. The van der Waals surface area contributed by atoms with E-state index in [0.29, 0.717) is 15.5 Å². The highest BCUT2D eigenvalue weighted by molar-refractivity contribution is 7.99. The first kappa shape index (κ1) is 14.6. The minimum absolute atomic E-state index is 0.0826. The van der Waals surface area contributed by atoms with Crippen LogP contribution in [0, 0.1) is 11.6 Å². The zero-order valence-corrected chi connectivity index (χ0v) is 11.6. The van der Waals surface area contributed by atoms with Crippen molar-refractivity contribution in [3.8, 4) is 0 Å². The second-order valence-electron chi connectivity index (χ2n) is 3.80. The van der Waals surface area contributed by atoms with Gasteiger partial charge in [-0.3, -0.25) is 0 Å². The maximum Gasteiger partial charge on any atom is 0.171 e. The summed E-state index contributed by atoms with van der Waals surface area (Å²) in [5, 5.41) is 12.0. The van der Waals surface area contributed by atoms with Gasteiger partial charge < -0.3 is 10.9 Å². The first-order valence-corrected chi connectivity index (χ1v) is 6.61. The van der Waals surface area contributed by atoms with Crippen LogP contribution < -0.4 is 5.73 Å². The zero-order valence-electron chi connectivity index (χ0n) is 9.98. The van der Waals surface area contributed by atoms with Crippen LogP contribution in [0.4, 0.5) is 8.78 Å². The lowest BCUT2D eigenvalue weighted by Crippen LogP contribution is -2.14. The van der Waals surface area contributed by atoms with Gasteiger partial charge in [-0.05, 0) is 36.4 Å². The van der Waals surface area contributed by atoms with Crippen LogP contribution in [0.25, 0.3) is 0 Å². The molecule has 0 fully saturated rings. The van der Waals surface area contributed by atoms with Gasteiger partial charge in [0, 0.05) is 15.5 Å². The van der Waals surface area contributed by atoms with Gasteiger partial charge >= 0.3 is 0 Å². The first-order chi connectivity index (χ1) is 9.51. The summed E-state index contributed by atoms with van der Waals surface area (Å²) in [5.41, 5.74) is 5.92. The fourth-order valence-electron chi connectivity index (χ4n) is 1.52. The highest BCUT2D eigenvalue weighted by Gasteiger charge is 2.12. The van der Waals surface area contributed by atoms with Crippen molar-refractivity contribution >= 4 is 29.2 Å². The molecule has 0 amide bonds. The second kappa shape index (κ2) is 6.11. The van der Waals surface area contributed by atoms with Gasteiger partial charge in [0.25, 0.3) is 0 Å². The van der Waals surface area contributed by atoms with Crippen molar-refractivity contribution in [2.45, 2.75) is 9.79 Å². The van der Waals surface area contributed by atoms with Crippen molar-refractivity contribution in [3.63, 3.8) is 0 Å². The molecule has 0 saturated carbocycles. The average Bonchev–Trinajstić information content (AvgIpc) is 2.42. The maximum atomic E-state index is 13.6. The Kier molecular flexibility index (Phi) is 4.46. The van der Waals surface area contributed by atoms with Crippen LogP contribution in [0.3, 0.4) is 0 Å². The second-order valence-corrected chi connectivity index (χ2v) is 5.32. The van der Waals surface area contributed by atoms with E-state index in [9.17, 15) is 8.78 Å². The molecule has 0 spiro atoms. The normalized spacial score (nSPS) is 11.7. The molecule has 0 bridgehead atoms. The molecule has 2 rings (SSSR count). The first-order valence-electron chi connectivity index (χ1n) is 5.41. The molecule has 0 aliphatic rings.